The van der Waals surface area contributed by atoms with Crippen LogP contribution in [0.4, 0.5) is 0 Å². The van der Waals surface area contributed by atoms with Crippen LogP contribution < -0.4 is 14.9 Å². The van der Waals surface area contributed by atoms with Gasteiger partial charge in [-0.1, -0.05) is 11.6 Å². The lowest BCUT2D eigenvalue weighted by Gasteiger charge is -2.22. The molecule has 2 aromatic carbocycles. The van der Waals surface area contributed by atoms with Crippen LogP contribution in [0.1, 0.15) is 25.3 Å². The first-order valence-corrected chi connectivity index (χ1v) is 12.1. The zero-order valence-corrected chi connectivity index (χ0v) is 19.5. The highest BCUT2D eigenvalue weighted by molar-refractivity contribution is 7.89. The lowest BCUT2D eigenvalue weighted by molar-refractivity contribution is -0.124. The number of carbonyl (C=O) groups is 1. The van der Waals surface area contributed by atoms with Gasteiger partial charge in [0.2, 0.25) is 10.0 Å². The predicted octanol–water partition coefficient (Wildman–Crippen LogP) is 2.94. The van der Waals surface area contributed by atoms with Crippen molar-refractivity contribution in [3.8, 4) is 17.6 Å². The van der Waals surface area contributed by atoms with Gasteiger partial charge in [0.1, 0.15) is 12.1 Å². The van der Waals surface area contributed by atoms with E-state index in [1.807, 2.05) is 13.0 Å². The minimum absolute atomic E-state index is 0.0808. The van der Waals surface area contributed by atoms with Crippen molar-refractivity contribution in [2.45, 2.75) is 30.7 Å². The number of nitriles is 1. The van der Waals surface area contributed by atoms with Gasteiger partial charge in [-0.05, 0) is 67.8 Å². The minimum Gasteiger partial charge on any atom is -0.490 e. The molecule has 0 aliphatic carbocycles. The molecule has 1 saturated heterocycles. The number of hydrogen-bond acceptors (Lipinski definition) is 7. The molecule has 1 aliphatic rings. The molecule has 1 fully saturated rings. The third-order valence-corrected chi connectivity index (χ3v) is 7.05. The molecule has 33 heavy (non-hydrogen) atoms. The van der Waals surface area contributed by atoms with Gasteiger partial charge in [0.15, 0.2) is 18.1 Å². The number of halogens is 1. The molecular weight excluding hydrogens is 468 g/mol. The Bertz CT molecular complexity index is 1160. The summed E-state index contributed by atoms with van der Waals surface area (Å²) in [6.07, 6.45) is 2.38. The maximum atomic E-state index is 13.0. The first kappa shape index (κ1) is 24.5. The van der Waals surface area contributed by atoms with E-state index in [-0.39, 0.29) is 18.0 Å². The molecule has 0 saturated carbocycles. The molecule has 2 aromatic rings. The maximum Gasteiger partial charge on any atom is 0.258 e. The Morgan fingerprint density at radius 1 is 1.27 bits per heavy atom. The summed E-state index contributed by atoms with van der Waals surface area (Å²) in [5.41, 5.74) is 3.05. The van der Waals surface area contributed by atoms with Crippen molar-refractivity contribution < 1.29 is 22.7 Å². The highest BCUT2D eigenvalue weighted by atomic mass is 35.5. The topological polar surface area (TPSA) is 121 Å². The number of ether oxygens (including phenoxy) is 2. The number of nitrogens with one attached hydrogen (secondary N) is 1. The Morgan fingerprint density at radius 2 is 2.03 bits per heavy atom. The van der Waals surface area contributed by atoms with Crippen molar-refractivity contribution in [1.29, 1.82) is 5.26 Å². The lowest BCUT2D eigenvalue weighted by atomic mass is 10.2. The second-order valence-corrected chi connectivity index (χ2v) is 9.37. The maximum absolute atomic E-state index is 13.0. The third-order valence-electron chi connectivity index (χ3n) is 4.87. The van der Waals surface area contributed by atoms with E-state index in [9.17, 15) is 13.2 Å². The Hall–Kier alpha value is -3.13. The molecule has 174 valence electrons. The van der Waals surface area contributed by atoms with E-state index in [1.165, 1.54) is 34.8 Å². The normalized spacial score (nSPS) is 16.5. The molecular formula is C22H23ClN4O5S. The van der Waals surface area contributed by atoms with Gasteiger partial charge in [-0.15, -0.1) is 0 Å². The molecule has 0 bridgehead atoms. The molecule has 1 aliphatic heterocycles. The summed E-state index contributed by atoms with van der Waals surface area (Å²) in [5, 5.41) is 13.1. The van der Waals surface area contributed by atoms with Gasteiger partial charge in [0.25, 0.3) is 5.91 Å². The second-order valence-electron chi connectivity index (χ2n) is 7.05. The molecule has 11 heteroatoms. The summed E-state index contributed by atoms with van der Waals surface area (Å²) in [5.74, 6) is 0.355. The standard InChI is InChI=1S/C22H23ClN4O5S/c1-2-31-21-14-16(5-10-20(21)32-13-11-24)15-25-26-22(28)19-4-3-12-27(19)33(29,30)18-8-6-17(23)7-9-18/h5-10,14-15,19H,2-4,12-13H2,1H3,(H,26,28)/b25-15-/t19-/m1/s1. The SMILES string of the molecule is CCOc1cc(/C=N\NC(=O)[C@H]2CCCN2S(=O)(=O)c2ccc(Cl)cc2)ccc1OCC#N. The average Bonchev–Trinajstić information content (AvgIpc) is 3.30. The van der Waals surface area contributed by atoms with Crippen LogP contribution in [0.2, 0.25) is 5.02 Å². The van der Waals surface area contributed by atoms with E-state index >= 15 is 0 Å². The number of carbonyl (C=O) groups excluding carboxylic acids is 1. The molecule has 1 amide bonds. The van der Waals surface area contributed by atoms with Crippen molar-refractivity contribution in [2.24, 2.45) is 5.10 Å². The molecule has 1 N–H and O–H groups in total. The van der Waals surface area contributed by atoms with Gasteiger partial charge in [-0.25, -0.2) is 13.8 Å². The first-order valence-electron chi connectivity index (χ1n) is 10.2. The number of amides is 1. The number of hydrazone groups is 1. The Labute approximate surface area is 197 Å². The Kier molecular flexibility index (Phi) is 8.27. The fraction of sp³-hybridized carbons (Fsp3) is 0.318. The van der Waals surface area contributed by atoms with Gasteiger partial charge in [-0.3, -0.25) is 4.79 Å². The smallest absolute Gasteiger partial charge is 0.258 e. The van der Waals surface area contributed by atoms with Crippen molar-refractivity contribution in [2.75, 3.05) is 19.8 Å². The molecule has 0 unspecified atom stereocenters. The predicted molar refractivity (Wildman–Crippen MR) is 123 cm³/mol. The number of hydrogen-bond donors (Lipinski definition) is 1. The zero-order valence-electron chi connectivity index (χ0n) is 17.9. The molecule has 0 spiro atoms. The Morgan fingerprint density at radius 3 is 2.73 bits per heavy atom. The lowest BCUT2D eigenvalue weighted by Crippen LogP contribution is -2.44. The zero-order chi connectivity index (χ0) is 23.8. The van der Waals surface area contributed by atoms with Gasteiger partial charge < -0.3 is 9.47 Å². The number of sulfonamides is 1. The monoisotopic (exact) mass is 490 g/mol. The first-order chi connectivity index (χ1) is 15.9. The van der Waals surface area contributed by atoms with Crippen molar-refractivity contribution in [1.82, 2.24) is 9.73 Å². The van der Waals surface area contributed by atoms with E-state index in [2.05, 4.69) is 10.5 Å². The molecule has 9 nitrogen and oxygen atoms in total. The quantitative estimate of drug-likeness (QED) is 0.426. The summed E-state index contributed by atoms with van der Waals surface area (Å²) in [7, 11) is -3.84. The molecule has 0 radical (unpaired) electrons. The number of benzene rings is 2. The summed E-state index contributed by atoms with van der Waals surface area (Å²) in [6.45, 7) is 2.36. The van der Waals surface area contributed by atoms with E-state index in [0.29, 0.717) is 41.5 Å². The van der Waals surface area contributed by atoms with Crippen LogP contribution in [0.25, 0.3) is 0 Å². The molecule has 3 rings (SSSR count). The minimum atomic E-state index is -3.84. The van der Waals surface area contributed by atoms with E-state index in [4.69, 9.17) is 26.3 Å². The highest BCUT2D eigenvalue weighted by Gasteiger charge is 2.39. The van der Waals surface area contributed by atoms with Crippen LogP contribution in [0.15, 0.2) is 52.5 Å². The number of rotatable bonds is 9. The second kappa shape index (κ2) is 11.1. The number of nitrogens with zero attached hydrogens (tertiary/aromatic N) is 3. The summed E-state index contributed by atoms with van der Waals surface area (Å²) in [4.78, 5) is 12.8. The van der Waals surface area contributed by atoms with Crippen LogP contribution in [-0.2, 0) is 14.8 Å². The van der Waals surface area contributed by atoms with Crippen LogP contribution in [0.5, 0.6) is 11.5 Å². The Balaban J connectivity index is 1.69. The summed E-state index contributed by atoms with van der Waals surface area (Å²) in [6, 6.07) is 11.9. The summed E-state index contributed by atoms with van der Waals surface area (Å²) >= 11 is 5.85. The van der Waals surface area contributed by atoms with E-state index < -0.39 is 22.0 Å². The largest absolute Gasteiger partial charge is 0.490 e. The third kappa shape index (κ3) is 6.01. The van der Waals surface area contributed by atoms with Gasteiger partial charge >= 0.3 is 0 Å². The summed E-state index contributed by atoms with van der Waals surface area (Å²) < 4.78 is 38.0. The van der Waals surface area contributed by atoms with Crippen LogP contribution >= 0.6 is 11.6 Å². The molecule has 1 heterocycles. The fourth-order valence-corrected chi connectivity index (χ4v) is 5.16. The van der Waals surface area contributed by atoms with Crippen molar-refractivity contribution in [3.63, 3.8) is 0 Å². The highest BCUT2D eigenvalue weighted by Crippen LogP contribution is 2.28. The van der Waals surface area contributed by atoms with E-state index in [1.54, 1.807) is 18.2 Å². The fourth-order valence-electron chi connectivity index (χ4n) is 3.38. The van der Waals surface area contributed by atoms with Crippen molar-refractivity contribution >= 4 is 33.7 Å². The van der Waals surface area contributed by atoms with E-state index in [0.717, 1.165) is 0 Å². The van der Waals surface area contributed by atoms with Crippen LogP contribution in [-0.4, -0.2) is 50.6 Å². The van der Waals surface area contributed by atoms with Gasteiger partial charge in [0, 0.05) is 11.6 Å². The van der Waals surface area contributed by atoms with Crippen LogP contribution in [0.3, 0.4) is 0 Å². The van der Waals surface area contributed by atoms with Gasteiger partial charge in [-0.2, -0.15) is 14.7 Å². The van der Waals surface area contributed by atoms with Gasteiger partial charge in [0.05, 0.1) is 17.7 Å². The molecule has 1 atom stereocenters. The van der Waals surface area contributed by atoms with Crippen LogP contribution in [0, 0.1) is 11.3 Å². The average molecular weight is 491 g/mol. The van der Waals surface area contributed by atoms with Crippen molar-refractivity contribution in [3.05, 3.63) is 53.1 Å². The molecule has 0 aromatic heterocycles.